The predicted molar refractivity (Wildman–Crippen MR) is 251 cm³/mol. The minimum atomic E-state index is 0.0935. The molecule has 60 heavy (non-hydrogen) atoms. The number of nitrogens with zero attached hydrogens (tertiary/aromatic N) is 1. The Hall–Kier alpha value is -5.66. The van der Waals surface area contributed by atoms with E-state index in [2.05, 4.69) is 196 Å². The summed E-state index contributed by atoms with van der Waals surface area (Å²) in [4.78, 5) is 2.63. The van der Waals surface area contributed by atoms with Crippen LogP contribution >= 0.6 is 0 Å². The third-order valence-corrected chi connectivity index (χ3v) is 16.3. The fourth-order valence-corrected chi connectivity index (χ4v) is 13.5. The van der Waals surface area contributed by atoms with Crippen LogP contribution in [0.5, 0.6) is 0 Å². The van der Waals surface area contributed by atoms with Gasteiger partial charge in [0.05, 0.1) is 5.69 Å². The number of rotatable bonds is 6. The van der Waals surface area contributed by atoms with E-state index in [1.165, 1.54) is 111 Å². The molecule has 13 rings (SSSR count). The number of anilines is 3. The molecule has 1 nitrogen and oxygen atoms in total. The van der Waals surface area contributed by atoms with Crippen molar-refractivity contribution in [2.45, 2.75) is 82.5 Å². The molecule has 0 heterocycles. The Kier molecular flexibility index (Phi) is 7.95. The molecule has 6 aliphatic rings. The Morgan fingerprint density at radius 2 is 1.00 bits per heavy atom. The summed E-state index contributed by atoms with van der Waals surface area (Å²) in [5.74, 6) is 3.20. The van der Waals surface area contributed by atoms with Crippen molar-refractivity contribution in [3.8, 4) is 44.5 Å². The van der Waals surface area contributed by atoms with Crippen LogP contribution in [0.15, 0.2) is 164 Å². The first-order valence-corrected chi connectivity index (χ1v) is 22.7. The van der Waals surface area contributed by atoms with Gasteiger partial charge in [0.1, 0.15) is 0 Å². The standard InChI is InChI=1S/C59H55N/c1-57(2)29-30-58(3,4)55-35-47(27-28-52(55)57)60(46-25-23-42(24-26-46)41-21-19-40(20-22-41)39-13-7-5-8-14-39)56-37-54-50(36-49(56)43-15-9-6-10-16-43)48-17-11-12-18-51(48)59(54)45-32-38-31-44(34-45)53(59)33-38/h5-28,35-38,44-45,53H,29-34H2,1-4H3. The summed E-state index contributed by atoms with van der Waals surface area (Å²) in [6.07, 6.45) is 7.98. The lowest BCUT2D eigenvalue weighted by molar-refractivity contribution is 0.191. The second-order valence-corrected chi connectivity index (χ2v) is 20.4. The first-order valence-electron chi connectivity index (χ1n) is 22.7. The van der Waals surface area contributed by atoms with E-state index in [9.17, 15) is 0 Å². The number of benzene rings is 7. The molecule has 7 aromatic carbocycles. The maximum absolute atomic E-state index is 2.70. The Morgan fingerprint density at radius 1 is 0.417 bits per heavy atom. The van der Waals surface area contributed by atoms with Gasteiger partial charge < -0.3 is 4.90 Å². The number of hydrogen-bond donors (Lipinski definition) is 0. The van der Waals surface area contributed by atoms with Crippen LogP contribution in [0.4, 0.5) is 17.1 Å². The van der Waals surface area contributed by atoms with Crippen molar-refractivity contribution in [2.75, 3.05) is 4.90 Å². The maximum atomic E-state index is 2.70. The summed E-state index contributed by atoms with van der Waals surface area (Å²) < 4.78 is 0. The second-order valence-electron chi connectivity index (χ2n) is 20.4. The molecule has 4 bridgehead atoms. The normalized spacial score (nSPS) is 24.6. The zero-order valence-corrected chi connectivity index (χ0v) is 35.6. The Labute approximate surface area is 357 Å². The fraction of sp³-hybridized carbons (Fsp3) is 0.288. The van der Waals surface area contributed by atoms with E-state index in [1.807, 2.05) is 0 Å². The van der Waals surface area contributed by atoms with Gasteiger partial charge in [0.25, 0.3) is 0 Å². The van der Waals surface area contributed by atoms with Crippen molar-refractivity contribution >= 4 is 17.1 Å². The maximum Gasteiger partial charge on any atom is 0.0543 e. The molecule has 4 saturated carbocycles. The topological polar surface area (TPSA) is 3.24 Å². The van der Waals surface area contributed by atoms with Crippen LogP contribution < -0.4 is 4.90 Å². The molecule has 0 radical (unpaired) electrons. The van der Waals surface area contributed by atoms with Crippen molar-refractivity contribution in [3.05, 3.63) is 186 Å². The Balaban J connectivity index is 1.07. The monoisotopic (exact) mass is 777 g/mol. The van der Waals surface area contributed by atoms with E-state index in [1.54, 1.807) is 11.1 Å². The van der Waals surface area contributed by atoms with Gasteiger partial charge in [0, 0.05) is 22.4 Å². The van der Waals surface area contributed by atoms with Gasteiger partial charge in [-0.3, -0.25) is 0 Å². The molecular formula is C59H55N. The van der Waals surface area contributed by atoms with Crippen LogP contribution in [0.2, 0.25) is 0 Å². The zero-order valence-electron chi connectivity index (χ0n) is 35.6. The molecule has 0 aromatic heterocycles. The van der Waals surface area contributed by atoms with Crippen molar-refractivity contribution in [3.63, 3.8) is 0 Å². The van der Waals surface area contributed by atoms with Gasteiger partial charge >= 0.3 is 0 Å². The second kappa shape index (κ2) is 13.2. The third-order valence-electron chi connectivity index (χ3n) is 16.3. The number of hydrogen-bond acceptors (Lipinski definition) is 1. The molecule has 1 heteroatoms. The lowest BCUT2D eigenvalue weighted by Gasteiger charge is -2.44. The molecular weight excluding hydrogens is 723 g/mol. The van der Waals surface area contributed by atoms with Gasteiger partial charge in [0.15, 0.2) is 0 Å². The van der Waals surface area contributed by atoms with Crippen LogP contribution in [-0.4, -0.2) is 0 Å². The van der Waals surface area contributed by atoms with Gasteiger partial charge in [-0.25, -0.2) is 0 Å². The molecule has 0 amide bonds. The molecule has 0 N–H and O–H groups in total. The summed E-state index contributed by atoms with van der Waals surface area (Å²) in [5, 5.41) is 0. The lowest BCUT2D eigenvalue weighted by atomic mass is 9.59. The minimum Gasteiger partial charge on any atom is -0.310 e. The summed E-state index contributed by atoms with van der Waals surface area (Å²) >= 11 is 0. The van der Waals surface area contributed by atoms with E-state index < -0.39 is 0 Å². The van der Waals surface area contributed by atoms with Gasteiger partial charge in [-0.15, -0.1) is 0 Å². The van der Waals surface area contributed by atoms with E-state index in [-0.39, 0.29) is 16.2 Å². The first kappa shape index (κ1) is 36.2. The number of fused-ring (bicyclic) bond motifs is 4. The first-order chi connectivity index (χ1) is 29.2. The largest absolute Gasteiger partial charge is 0.310 e. The zero-order chi connectivity index (χ0) is 40.4. The highest BCUT2D eigenvalue weighted by Crippen LogP contribution is 2.73. The van der Waals surface area contributed by atoms with Gasteiger partial charge in [-0.2, -0.15) is 0 Å². The van der Waals surface area contributed by atoms with Crippen molar-refractivity contribution in [1.82, 2.24) is 0 Å². The summed E-state index contributed by atoms with van der Waals surface area (Å²) in [6, 6.07) is 62.7. The minimum absolute atomic E-state index is 0.0935. The quantitative estimate of drug-likeness (QED) is 0.163. The predicted octanol–water partition coefficient (Wildman–Crippen LogP) is 15.8. The lowest BCUT2D eigenvalue weighted by Crippen LogP contribution is -2.40. The Bertz CT molecular complexity index is 2770. The van der Waals surface area contributed by atoms with E-state index in [4.69, 9.17) is 0 Å². The van der Waals surface area contributed by atoms with E-state index in [0.29, 0.717) is 5.92 Å². The molecule has 296 valence electrons. The fourth-order valence-electron chi connectivity index (χ4n) is 13.5. The van der Waals surface area contributed by atoms with Crippen LogP contribution in [0.1, 0.15) is 88.5 Å². The Morgan fingerprint density at radius 3 is 1.68 bits per heavy atom. The van der Waals surface area contributed by atoms with Gasteiger partial charge in [0.2, 0.25) is 0 Å². The average molecular weight is 778 g/mol. The molecule has 6 aliphatic carbocycles. The summed E-state index contributed by atoms with van der Waals surface area (Å²) in [7, 11) is 0. The highest BCUT2D eigenvalue weighted by molar-refractivity contribution is 5.95. The molecule has 7 aromatic rings. The summed E-state index contributed by atoms with van der Waals surface area (Å²) in [5.41, 5.74) is 20.7. The summed E-state index contributed by atoms with van der Waals surface area (Å²) in [6.45, 7) is 9.81. The van der Waals surface area contributed by atoms with E-state index in [0.717, 1.165) is 17.8 Å². The molecule has 5 unspecified atom stereocenters. The van der Waals surface area contributed by atoms with Crippen LogP contribution in [0, 0.1) is 23.7 Å². The van der Waals surface area contributed by atoms with Crippen LogP contribution in [0.25, 0.3) is 44.5 Å². The molecule has 0 aliphatic heterocycles. The highest BCUT2D eigenvalue weighted by atomic mass is 15.1. The van der Waals surface area contributed by atoms with Crippen molar-refractivity contribution in [2.24, 2.45) is 23.7 Å². The highest BCUT2D eigenvalue weighted by Gasteiger charge is 2.66. The molecule has 1 spiro atoms. The smallest absolute Gasteiger partial charge is 0.0543 e. The van der Waals surface area contributed by atoms with Crippen molar-refractivity contribution < 1.29 is 0 Å². The molecule has 5 atom stereocenters. The van der Waals surface area contributed by atoms with E-state index >= 15 is 0 Å². The average Bonchev–Trinajstić information content (AvgIpc) is 3.82. The van der Waals surface area contributed by atoms with Crippen LogP contribution in [-0.2, 0) is 16.2 Å². The molecule has 0 saturated heterocycles. The van der Waals surface area contributed by atoms with Gasteiger partial charge in [-0.1, -0.05) is 155 Å². The van der Waals surface area contributed by atoms with Crippen molar-refractivity contribution in [1.29, 1.82) is 0 Å². The van der Waals surface area contributed by atoms with Gasteiger partial charge in [-0.05, 0) is 171 Å². The SMILES string of the molecule is CC1(C)CCC(C)(C)c2cc(N(c3ccc(-c4ccc(-c5ccccc5)cc4)cc3)c3cc4c(cc3-c3ccccc3)-c3ccccc3C43C4CC5CC(C4)C3C5)ccc21. The van der Waals surface area contributed by atoms with Crippen LogP contribution in [0.3, 0.4) is 0 Å². The third kappa shape index (κ3) is 5.30. The molecule has 4 fully saturated rings.